The Morgan fingerprint density at radius 3 is 2.60 bits per heavy atom. The minimum Gasteiger partial charge on any atom is -0.347 e. The Morgan fingerprint density at radius 1 is 1.10 bits per heavy atom. The van der Waals surface area contributed by atoms with Crippen LogP contribution in [0.2, 0.25) is 0 Å². The average Bonchev–Trinajstić information content (AvgIpc) is 2.86. The van der Waals surface area contributed by atoms with E-state index in [1.807, 2.05) is 0 Å². The molecule has 3 rings (SSSR count). The van der Waals surface area contributed by atoms with E-state index in [9.17, 15) is 0 Å². The number of nitrogens with zero attached hydrogens (tertiary/aromatic N) is 2. The topological polar surface area (TPSA) is 34.2 Å². The van der Waals surface area contributed by atoms with E-state index in [2.05, 4.69) is 40.8 Å². The summed E-state index contributed by atoms with van der Waals surface area (Å²) < 4.78 is 2.36. The summed E-state index contributed by atoms with van der Waals surface area (Å²) in [6.45, 7) is 7.40. The average molecular weight is 271 g/mol. The van der Waals surface area contributed by atoms with Crippen molar-refractivity contribution in [3.8, 4) is 0 Å². The number of rotatable bonds is 4. The number of likely N-dealkylation sites (tertiary alicyclic amines) is 1. The van der Waals surface area contributed by atoms with Crippen LogP contribution in [0.4, 0.5) is 0 Å². The lowest BCUT2D eigenvalue weighted by atomic mass is 10.1. The van der Waals surface area contributed by atoms with Crippen LogP contribution in [0.1, 0.15) is 37.3 Å². The van der Waals surface area contributed by atoms with E-state index in [4.69, 9.17) is 5.73 Å². The first-order valence-electron chi connectivity index (χ1n) is 7.85. The molecule has 0 amide bonds. The van der Waals surface area contributed by atoms with Gasteiger partial charge in [0.15, 0.2) is 0 Å². The summed E-state index contributed by atoms with van der Waals surface area (Å²) in [5.74, 6) is 0. The van der Waals surface area contributed by atoms with Gasteiger partial charge in [-0.2, -0.15) is 0 Å². The second kappa shape index (κ2) is 5.98. The molecule has 2 aromatic rings. The van der Waals surface area contributed by atoms with Gasteiger partial charge in [-0.3, -0.25) is 4.90 Å². The molecule has 1 fully saturated rings. The fourth-order valence-corrected chi connectivity index (χ4v) is 3.41. The van der Waals surface area contributed by atoms with Gasteiger partial charge in [0.2, 0.25) is 0 Å². The Morgan fingerprint density at radius 2 is 1.90 bits per heavy atom. The predicted octanol–water partition coefficient (Wildman–Crippen LogP) is 3.11. The minimum atomic E-state index is 0.616. The molecule has 0 atom stereocenters. The van der Waals surface area contributed by atoms with E-state index in [-0.39, 0.29) is 0 Å². The molecule has 0 unspecified atom stereocenters. The van der Waals surface area contributed by atoms with Crippen molar-refractivity contribution in [1.29, 1.82) is 0 Å². The summed E-state index contributed by atoms with van der Waals surface area (Å²) in [5, 5.41) is 1.39. The van der Waals surface area contributed by atoms with Crippen LogP contribution in [0.5, 0.6) is 0 Å². The van der Waals surface area contributed by atoms with Crippen LogP contribution in [-0.4, -0.2) is 22.6 Å². The van der Waals surface area contributed by atoms with E-state index in [0.29, 0.717) is 6.54 Å². The number of benzene rings is 1. The highest BCUT2D eigenvalue weighted by Crippen LogP contribution is 2.26. The molecule has 0 saturated carbocycles. The number of aryl methyl sites for hydroxylation is 1. The molecule has 0 radical (unpaired) electrons. The van der Waals surface area contributed by atoms with E-state index >= 15 is 0 Å². The molecule has 2 N–H and O–H groups in total. The molecule has 0 bridgehead atoms. The van der Waals surface area contributed by atoms with Crippen LogP contribution >= 0.6 is 0 Å². The molecule has 1 aromatic carbocycles. The van der Waals surface area contributed by atoms with Gasteiger partial charge in [0.25, 0.3) is 0 Å². The molecular formula is C17H25N3. The highest BCUT2D eigenvalue weighted by molar-refractivity contribution is 5.86. The number of aromatic nitrogens is 1. The van der Waals surface area contributed by atoms with Gasteiger partial charge in [-0.05, 0) is 44.0 Å². The molecule has 1 aliphatic rings. The van der Waals surface area contributed by atoms with E-state index in [1.54, 1.807) is 0 Å². The van der Waals surface area contributed by atoms with Crippen molar-refractivity contribution in [2.75, 3.05) is 13.1 Å². The standard InChI is InChI=1S/C17H25N3/c1-2-20-13-15(12-19-9-4-3-5-10-19)16-8-6-7-14(11-18)17(16)20/h6-8,13H,2-5,9-12,18H2,1H3. The maximum atomic E-state index is 5.91. The number of hydrogen-bond acceptors (Lipinski definition) is 2. The maximum absolute atomic E-state index is 5.91. The monoisotopic (exact) mass is 271 g/mol. The Hall–Kier alpha value is -1.32. The van der Waals surface area contributed by atoms with Crippen LogP contribution < -0.4 is 5.73 Å². The van der Waals surface area contributed by atoms with Crippen LogP contribution in [0.15, 0.2) is 24.4 Å². The van der Waals surface area contributed by atoms with Crippen LogP contribution in [0, 0.1) is 0 Å². The summed E-state index contributed by atoms with van der Waals surface area (Å²) in [6, 6.07) is 6.54. The van der Waals surface area contributed by atoms with Crippen molar-refractivity contribution in [3.63, 3.8) is 0 Å². The Balaban J connectivity index is 1.98. The largest absolute Gasteiger partial charge is 0.347 e. The Labute approximate surface area is 121 Å². The van der Waals surface area contributed by atoms with Crippen molar-refractivity contribution in [3.05, 3.63) is 35.5 Å². The molecule has 1 aliphatic heterocycles. The van der Waals surface area contributed by atoms with Crippen molar-refractivity contribution in [1.82, 2.24) is 9.47 Å². The Kier molecular flexibility index (Phi) is 4.08. The lowest BCUT2D eigenvalue weighted by Gasteiger charge is -2.26. The van der Waals surface area contributed by atoms with Gasteiger partial charge >= 0.3 is 0 Å². The third kappa shape index (κ3) is 2.48. The van der Waals surface area contributed by atoms with Crippen molar-refractivity contribution in [2.45, 2.75) is 45.8 Å². The molecule has 1 aromatic heterocycles. The normalized spacial score (nSPS) is 16.9. The van der Waals surface area contributed by atoms with Crippen LogP contribution in [0.25, 0.3) is 10.9 Å². The molecule has 0 spiro atoms. The molecule has 3 heteroatoms. The zero-order chi connectivity index (χ0) is 13.9. The van der Waals surface area contributed by atoms with Gasteiger partial charge in [0.05, 0.1) is 5.52 Å². The van der Waals surface area contributed by atoms with Gasteiger partial charge in [-0.1, -0.05) is 24.6 Å². The van der Waals surface area contributed by atoms with E-state index < -0.39 is 0 Å². The van der Waals surface area contributed by atoms with Gasteiger partial charge in [-0.25, -0.2) is 0 Å². The number of para-hydroxylation sites is 1. The fourth-order valence-electron chi connectivity index (χ4n) is 3.41. The quantitative estimate of drug-likeness (QED) is 0.927. The summed E-state index contributed by atoms with van der Waals surface area (Å²) in [4.78, 5) is 2.59. The van der Waals surface area contributed by atoms with Crippen LogP contribution in [-0.2, 0) is 19.6 Å². The van der Waals surface area contributed by atoms with Crippen LogP contribution in [0.3, 0.4) is 0 Å². The highest BCUT2D eigenvalue weighted by Gasteiger charge is 2.15. The first kappa shape index (κ1) is 13.7. The summed E-state index contributed by atoms with van der Waals surface area (Å²) in [7, 11) is 0. The SMILES string of the molecule is CCn1cc(CN2CCCCC2)c2cccc(CN)c21. The first-order valence-corrected chi connectivity index (χ1v) is 7.85. The minimum absolute atomic E-state index is 0.616. The van der Waals surface area contributed by atoms with Crippen molar-refractivity contribution < 1.29 is 0 Å². The zero-order valence-corrected chi connectivity index (χ0v) is 12.4. The van der Waals surface area contributed by atoms with Gasteiger partial charge < -0.3 is 10.3 Å². The zero-order valence-electron chi connectivity index (χ0n) is 12.4. The number of piperidine rings is 1. The number of nitrogens with two attached hydrogens (primary N) is 1. The third-order valence-corrected chi connectivity index (χ3v) is 4.47. The predicted molar refractivity (Wildman–Crippen MR) is 84.6 cm³/mol. The molecule has 1 saturated heterocycles. The molecule has 20 heavy (non-hydrogen) atoms. The second-order valence-electron chi connectivity index (χ2n) is 5.79. The fraction of sp³-hybridized carbons (Fsp3) is 0.529. The van der Waals surface area contributed by atoms with E-state index in [0.717, 1.165) is 13.1 Å². The summed E-state index contributed by atoms with van der Waals surface area (Å²) in [6.07, 6.45) is 6.42. The maximum Gasteiger partial charge on any atom is 0.0529 e. The molecule has 0 aliphatic carbocycles. The number of fused-ring (bicyclic) bond motifs is 1. The Bertz CT molecular complexity index is 579. The highest BCUT2D eigenvalue weighted by atomic mass is 15.1. The van der Waals surface area contributed by atoms with Crippen molar-refractivity contribution >= 4 is 10.9 Å². The lowest BCUT2D eigenvalue weighted by Crippen LogP contribution is -2.28. The van der Waals surface area contributed by atoms with E-state index in [1.165, 1.54) is 54.4 Å². The molecule has 108 valence electrons. The second-order valence-corrected chi connectivity index (χ2v) is 5.79. The number of hydrogen-bond donors (Lipinski definition) is 1. The smallest absolute Gasteiger partial charge is 0.0529 e. The first-order chi connectivity index (χ1) is 9.83. The summed E-state index contributed by atoms with van der Waals surface area (Å²) >= 11 is 0. The van der Waals surface area contributed by atoms with Gasteiger partial charge in [0.1, 0.15) is 0 Å². The van der Waals surface area contributed by atoms with Gasteiger partial charge in [-0.15, -0.1) is 0 Å². The van der Waals surface area contributed by atoms with Crippen molar-refractivity contribution in [2.24, 2.45) is 5.73 Å². The lowest BCUT2D eigenvalue weighted by molar-refractivity contribution is 0.221. The van der Waals surface area contributed by atoms with Gasteiger partial charge in [0, 0.05) is 31.2 Å². The third-order valence-electron chi connectivity index (χ3n) is 4.47. The molecule has 2 heterocycles. The molecular weight excluding hydrogens is 246 g/mol. The molecule has 3 nitrogen and oxygen atoms in total. The summed E-state index contributed by atoms with van der Waals surface area (Å²) in [5.41, 5.74) is 9.96.